The summed E-state index contributed by atoms with van der Waals surface area (Å²) >= 11 is 0. The van der Waals surface area contributed by atoms with E-state index in [1.54, 1.807) is 12.4 Å². The summed E-state index contributed by atoms with van der Waals surface area (Å²) in [6.07, 6.45) is 6.00. The average molecular weight is 310 g/mol. The third kappa shape index (κ3) is 4.28. The maximum atomic E-state index is 12.3. The van der Waals surface area contributed by atoms with Gasteiger partial charge in [-0.3, -0.25) is 4.79 Å². The van der Waals surface area contributed by atoms with Crippen LogP contribution >= 0.6 is 0 Å². The fourth-order valence-electron chi connectivity index (χ4n) is 2.86. The van der Waals surface area contributed by atoms with Gasteiger partial charge in [0.25, 0.3) is 0 Å². The van der Waals surface area contributed by atoms with Crippen LogP contribution in [0.1, 0.15) is 18.4 Å². The number of rotatable bonds is 5. The predicted molar refractivity (Wildman–Crippen MR) is 90.2 cm³/mol. The summed E-state index contributed by atoms with van der Waals surface area (Å²) in [4.78, 5) is 24.9. The fourth-order valence-corrected chi connectivity index (χ4v) is 2.86. The van der Waals surface area contributed by atoms with E-state index >= 15 is 0 Å². The van der Waals surface area contributed by atoms with Crippen molar-refractivity contribution < 1.29 is 4.79 Å². The van der Waals surface area contributed by atoms with Gasteiger partial charge < -0.3 is 9.80 Å². The van der Waals surface area contributed by atoms with Crippen molar-refractivity contribution in [2.45, 2.75) is 19.3 Å². The number of aromatic nitrogens is 2. The Labute approximate surface area is 137 Å². The van der Waals surface area contributed by atoms with E-state index in [0.29, 0.717) is 6.42 Å². The summed E-state index contributed by atoms with van der Waals surface area (Å²) in [5, 5.41) is 0. The van der Waals surface area contributed by atoms with E-state index in [2.05, 4.69) is 27.0 Å². The highest BCUT2D eigenvalue weighted by atomic mass is 16.2. The molecule has 1 fully saturated rings. The fraction of sp³-hybridized carbons (Fsp3) is 0.389. The monoisotopic (exact) mass is 310 g/mol. The summed E-state index contributed by atoms with van der Waals surface area (Å²) in [6, 6.07) is 12.1. The number of piperazine rings is 1. The number of carbonyl (C=O) groups excluding carboxylic acids is 1. The lowest BCUT2D eigenvalue weighted by atomic mass is 10.1. The van der Waals surface area contributed by atoms with Crippen molar-refractivity contribution in [2.75, 3.05) is 31.1 Å². The van der Waals surface area contributed by atoms with E-state index < -0.39 is 0 Å². The average Bonchev–Trinajstić information content (AvgIpc) is 2.63. The third-order valence-electron chi connectivity index (χ3n) is 4.17. The molecule has 1 amide bonds. The Bertz CT molecular complexity index is 609. The number of amides is 1. The van der Waals surface area contributed by atoms with Gasteiger partial charge in [0.2, 0.25) is 11.9 Å². The molecule has 5 heteroatoms. The van der Waals surface area contributed by atoms with Gasteiger partial charge in [-0.15, -0.1) is 0 Å². The van der Waals surface area contributed by atoms with Crippen LogP contribution in [0.5, 0.6) is 0 Å². The van der Waals surface area contributed by atoms with Crippen LogP contribution in [-0.4, -0.2) is 47.0 Å². The Morgan fingerprint density at radius 2 is 1.65 bits per heavy atom. The lowest BCUT2D eigenvalue weighted by Crippen LogP contribution is -2.49. The summed E-state index contributed by atoms with van der Waals surface area (Å²) in [5.74, 6) is 1.01. The standard InChI is InChI=1S/C18H22N4O/c23-17(9-4-8-16-6-2-1-3-7-16)21-12-14-22(15-13-21)18-19-10-5-11-20-18/h1-3,5-7,10-11H,4,8-9,12-15H2. The number of hydrogen-bond acceptors (Lipinski definition) is 4. The van der Waals surface area contributed by atoms with E-state index in [-0.39, 0.29) is 5.91 Å². The summed E-state index contributed by atoms with van der Waals surface area (Å²) < 4.78 is 0. The molecule has 0 saturated carbocycles. The third-order valence-corrected chi connectivity index (χ3v) is 4.17. The van der Waals surface area contributed by atoms with Gasteiger partial charge in [-0.05, 0) is 24.5 Å². The van der Waals surface area contributed by atoms with Crippen LogP contribution in [0.15, 0.2) is 48.8 Å². The molecule has 1 aromatic carbocycles. The van der Waals surface area contributed by atoms with Crippen LogP contribution in [0.25, 0.3) is 0 Å². The van der Waals surface area contributed by atoms with Gasteiger partial charge in [0.05, 0.1) is 0 Å². The molecule has 1 aliphatic heterocycles. The van der Waals surface area contributed by atoms with E-state index in [9.17, 15) is 4.79 Å². The second kappa shape index (κ2) is 7.72. The van der Waals surface area contributed by atoms with Gasteiger partial charge in [-0.2, -0.15) is 0 Å². The van der Waals surface area contributed by atoms with Crippen molar-refractivity contribution in [3.63, 3.8) is 0 Å². The normalized spacial score (nSPS) is 14.8. The molecule has 0 unspecified atom stereocenters. The molecular formula is C18H22N4O. The molecule has 2 heterocycles. The van der Waals surface area contributed by atoms with Crippen molar-refractivity contribution in [3.05, 3.63) is 54.4 Å². The van der Waals surface area contributed by atoms with Gasteiger partial charge in [0, 0.05) is 45.0 Å². The number of aryl methyl sites for hydroxylation is 1. The van der Waals surface area contributed by atoms with Crippen molar-refractivity contribution in [1.29, 1.82) is 0 Å². The zero-order valence-corrected chi connectivity index (χ0v) is 13.3. The highest BCUT2D eigenvalue weighted by molar-refractivity contribution is 5.76. The molecule has 5 nitrogen and oxygen atoms in total. The Hall–Kier alpha value is -2.43. The Morgan fingerprint density at radius 1 is 0.957 bits per heavy atom. The van der Waals surface area contributed by atoms with Crippen molar-refractivity contribution in [2.24, 2.45) is 0 Å². The maximum Gasteiger partial charge on any atom is 0.225 e. The van der Waals surface area contributed by atoms with Crippen LogP contribution < -0.4 is 4.90 Å². The minimum absolute atomic E-state index is 0.259. The molecule has 120 valence electrons. The molecular weight excluding hydrogens is 288 g/mol. The predicted octanol–water partition coefficient (Wildman–Crippen LogP) is 2.15. The molecule has 0 N–H and O–H groups in total. The number of anilines is 1. The van der Waals surface area contributed by atoms with Crippen LogP contribution in [0.2, 0.25) is 0 Å². The molecule has 1 aromatic heterocycles. The Balaban J connectivity index is 1.41. The number of nitrogens with zero attached hydrogens (tertiary/aromatic N) is 4. The van der Waals surface area contributed by atoms with E-state index in [1.807, 2.05) is 29.2 Å². The molecule has 23 heavy (non-hydrogen) atoms. The molecule has 0 spiro atoms. The summed E-state index contributed by atoms with van der Waals surface area (Å²) in [7, 11) is 0. The quantitative estimate of drug-likeness (QED) is 0.849. The first kappa shape index (κ1) is 15.5. The van der Waals surface area contributed by atoms with Gasteiger partial charge in [0.15, 0.2) is 0 Å². The van der Waals surface area contributed by atoms with Gasteiger partial charge in [-0.1, -0.05) is 30.3 Å². The number of carbonyl (C=O) groups is 1. The first-order chi connectivity index (χ1) is 11.3. The molecule has 1 saturated heterocycles. The second-order valence-corrected chi connectivity index (χ2v) is 5.76. The van der Waals surface area contributed by atoms with Gasteiger partial charge in [0.1, 0.15) is 0 Å². The highest BCUT2D eigenvalue weighted by Gasteiger charge is 2.21. The highest BCUT2D eigenvalue weighted by Crippen LogP contribution is 2.12. The summed E-state index contributed by atoms with van der Waals surface area (Å²) in [6.45, 7) is 3.10. The minimum atomic E-state index is 0.259. The van der Waals surface area contributed by atoms with Crippen LogP contribution in [0.4, 0.5) is 5.95 Å². The largest absolute Gasteiger partial charge is 0.339 e. The van der Waals surface area contributed by atoms with Crippen molar-refractivity contribution >= 4 is 11.9 Å². The van der Waals surface area contributed by atoms with E-state index in [0.717, 1.165) is 45.0 Å². The Kier molecular flexibility index (Phi) is 5.19. The lowest BCUT2D eigenvalue weighted by molar-refractivity contribution is -0.131. The van der Waals surface area contributed by atoms with Crippen LogP contribution in [-0.2, 0) is 11.2 Å². The van der Waals surface area contributed by atoms with Crippen LogP contribution in [0.3, 0.4) is 0 Å². The molecule has 0 radical (unpaired) electrons. The molecule has 0 aliphatic carbocycles. The first-order valence-corrected chi connectivity index (χ1v) is 8.16. The zero-order chi connectivity index (χ0) is 15.9. The molecule has 0 bridgehead atoms. The Morgan fingerprint density at radius 3 is 2.35 bits per heavy atom. The maximum absolute atomic E-state index is 12.3. The van der Waals surface area contributed by atoms with Crippen molar-refractivity contribution in [1.82, 2.24) is 14.9 Å². The number of hydrogen-bond donors (Lipinski definition) is 0. The first-order valence-electron chi connectivity index (χ1n) is 8.16. The van der Waals surface area contributed by atoms with Crippen LogP contribution in [0, 0.1) is 0 Å². The zero-order valence-electron chi connectivity index (χ0n) is 13.3. The number of benzene rings is 1. The molecule has 2 aromatic rings. The molecule has 1 aliphatic rings. The van der Waals surface area contributed by atoms with Gasteiger partial charge >= 0.3 is 0 Å². The van der Waals surface area contributed by atoms with Gasteiger partial charge in [-0.25, -0.2) is 9.97 Å². The van der Waals surface area contributed by atoms with E-state index in [1.165, 1.54) is 5.56 Å². The summed E-state index contributed by atoms with van der Waals surface area (Å²) in [5.41, 5.74) is 1.30. The topological polar surface area (TPSA) is 49.3 Å². The molecule has 3 rings (SSSR count). The lowest BCUT2D eigenvalue weighted by Gasteiger charge is -2.34. The minimum Gasteiger partial charge on any atom is -0.339 e. The smallest absolute Gasteiger partial charge is 0.225 e. The second-order valence-electron chi connectivity index (χ2n) is 5.76. The van der Waals surface area contributed by atoms with E-state index in [4.69, 9.17) is 0 Å². The van der Waals surface area contributed by atoms with Crippen molar-refractivity contribution in [3.8, 4) is 0 Å². The molecule has 0 atom stereocenters. The SMILES string of the molecule is O=C(CCCc1ccccc1)N1CCN(c2ncccn2)CC1.